The number of ether oxygens (including phenoxy) is 7. The van der Waals surface area contributed by atoms with E-state index in [-0.39, 0.29) is 24.5 Å². The molecule has 2 saturated heterocycles. The molecule has 0 saturated carbocycles. The van der Waals surface area contributed by atoms with Crippen LogP contribution in [0.4, 0.5) is 0 Å². The minimum absolute atomic E-state index is 0.134. The largest absolute Gasteiger partial charge is 0.494 e. The molecule has 2 aliphatic heterocycles. The van der Waals surface area contributed by atoms with E-state index in [1.54, 1.807) is 24.3 Å². The summed E-state index contributed by atoms with van der Waals surface area (Å²) in [6, 6.07) is 12.6. The highest BCUT2D eigenvalue weighted by Gasteiger charge is 2.51. The van der Waals surface area contributed by atoms with Gasteiger partial charge in [0, 0.05) is 13.0 Å². The third kappa shape index (κ3) is 8.64. The Kier molecular flexibility index (Phi) is 11.1. The van der Waals surface area contributed by atoms with Gasteiger partial charge in [0.1, 0.15) is 23.7 Å². The Bertz CT molecular complexity index is 1240. The van der Waals surface area contributed by atoms with Crippen LogP contribution >= 0.6 is 0 Å². The number of rotatable bonds is 14. The zero-order valence-corrected chi connectivity index (χ0v) is 23.4. The number of carbonyl (C=O) groups is 4. The topological polar surface area (TPSA) is 133 Å². The summed E-state index contributed by atoms with van der Waals surface area (Å²) in [5, 5.41) is 0. The third-order valence-corrected chi connectivity index (χ3v) is 6.65. The molecule has 224 valence electrons. The van der Waals surface area contributed by atoms with Crippen molar-refractivity contribution >= 4 is 23.9 Å². The first-order valence-electron chi connectivity index (χ1n) is 13.8. The zero-order chi connectivity index (χ0) is 29.9. The van der Waals surface area contributed by atoms with Crippen LogP contribution in [0.1, 0.15) is 53.3 Å². The minimum atomic E-state index is -0.631. The fraction of sp³-hybridized carbons (Fsp3) is 0.419. The molecule has 4 rings (SSSR count). The molecule has 4 atom stereocenters. The van der Waals surface area contributed by atoms with Crippen molar-refractivity contribution < 1.29 is 52.3 Å². The lowest BCUT2D eigenvalue weighted by Gasteiger charge is -2.17. The first-order valence-corrected chi connectivity index (χ1v) is 13.8. The Hall–Kier alpha value is -4.22. The van der Waals surface area contributed by atoms with Crippen molar-refractivity contribution in [2.24, 2.45) is 0 Å². The molecule has 0 aromatic heterocycles. The molecule has 42 heavy (non-hydrogen) atoms. The standard InChI is InChI=1S/C31H34O11/c1-3-27(33)37-17-7-5-4-6-16-36-23-12-8-21(9-13-23)30(34)41-24-14-10-22(11-15-24)31(35)42-26-19-39-28-25(40-20(2)32)18-38-29(26)28/h3,8-15,25-26,28-29H,1,4-7,16-19H2,2H3/t25-,26+,28+,29+/m0/s1. The van der Waals surface area contributed by atoms with Crippen molar-refractivity contribution in [2.75, 3.05) is 26.4 Å². The van der Waals surface area contributed by atoms with Gasteiger partial charge in [-0.2, -0.15) is 0 Å². The molecule has 11 nitrogen and oxygen atoms in total. The van der Waals surface area contributed by atoms with Crippen LogP contribution in [0.25, 0.3) is 0 Å². The van der Waals surface area contributed by atoms with Crippen molar-refractivity contribution in [1.82, 2.24) is 0 Å². The minimum Gasteiger partial charge on any atom is -0.494 e. The SMILES string of the molecule is C=CC(=O)OCCCCCCOc1ccc(C(=O)Oc2ccc(C(=O)O[C@@H]3CO[C@H]4[C@@H]3OC[C@@H]4OC(C)=O)cc2)cc1. The highest BCUT2D eigenvalue weighted by atomic mass is 16.7. The molecule has 0 amide bonds. The lowest BCUT2D eigenvalue weighted by molar-refractivity contribution is -0.151. The van der Waals surface area contributed by atoms with Crippen LogP contribution in [-0.2, 0) is 33.3 Å². The fourth-order valence-electron chi connectivity index (χ4n) is 4.54. The van der Waals surface area contributed by atoms with Crippen molar-refractivity contribution in [1.29, 1.82) is 0 Å². The van der Waals surface area contributed by atoms with Crippen LogP contribution in [0.2, 0.25) is 0 Å². The van der Waals surface area contributed by atoms with Gasteiger partial charge in [0.2, 0.25) is 0 Å². The average molecular weight is 583 g/mol. The van der Waals surface area contributed by atoms with Crippen molar-refractivity contribution in [2.45, 2.75) is 57.0 Å². The summed E-state index contributed by atoms with van der Waals surface area (Å²) in [7, 11) is 0. The summed E-state index contributed by atoms with van der Waals surface area (Å²) in [4.78, 5) is 47.5. The Balaban J connectivity index is 1.16. The van der Waals surface area contributed by atoms with Gasteiger partial charge >= 0.3 is 23.9 Å². The quantitative estimate of drug-likeness (QED) is 0.106. The molecule has 2 aromatic rings. The Morgan fingerprint density at radius 1 is 0.762 bits per heavy atom. The summed E-state index contributed by atoms with van der Waals surface area (Å²) >= 11 is 0. The summed E-state index contributed by atoms with van der Waals surface area (Å²) < 4.78 is 38.1. The molecule has 2 fully saturated rings. The molecular weight excluding hydrogens is 548 g/mol. The van der Waals surface area contributed by atoms with E-state index in [9.17, 15) is 19.2 Å². The van der Waals surface area contributed by atoms with Crippen LogP contribution in [0, 0.1) is 0 Å². The second-order valence-electron chi connectivity index (χ2n) is 9.76. The Labute approximate surface area is 243 Å². The van der Waals surface area contributed by atoms with Gasteiger partial charge in [-0.05, 0) is 74.2 Å². The molecule has 0 bridgehead atoms. The van der Waals surface area contributed by atoms with Gasteiger partial charge < -0.3 is 33.2 Å². The molecule has 11 heteroatoms. The highest BCUT2D eigenvalue weighted by molar-refractivity contribution is 5.92. The van der Waals surface area contributed by atoms with Crippen LogP contribution in [0.5, 0.6) is 11.5 Å². The van der Waals surface area contributed by atoms with Gasteiger partial charge in [-0.15, -0.1) is 0 Å². The van der Waals surface area contributed by atoms with Gasteiger partial charge in [0.25, 0.3) is 0 Å². The van der Waals surface area contributed by atoms with E-state index < -0.39 is 48.3 Å². The van der Waals surface area contributed by atoms with Crippen molar-refractivity contribution in [3.8, 4) is 11.5 Å². The lowest BCUT2D eigenvalue weighted by Crippen LogP contribution is -2.35. The van der Waals surface area contributed by atoms with Crippen LogP contribution in [-0.4, -0.2) is 74.7 Å². The molecule has 0 radical (unpaired) electrons. The molecule has 0 unspecified atom stereocenters. The molecule has 2 aliphatic rings. The van der Waals surface area contributed by atoms with Gasteiger partial charge in [0.15, 0.2) is 12.2 Å². The number of hydrogen-bond donors (Lipinski definition) is 0. The predicted octanol–water partition coefficient (Wildman–Crippen LogP) is 3.83. The fourth-order valence-corrected chi connectivity index (χ4v) is 4.54. The van der Waals surface area contributed by atoms with Crippen LogP contribution in [0.3, 0.4) is 0 Å². The molecule has 2 heterocycles. The predicted molar refractivity (Wildman–Crippen MR) is 147 cm³/mol. The third-order valence-electron chi connectivity index (χ3n) is 6.65. The maximum Gasteiger partial charge on any atom is 0.343 e. The highest BCUT2D eigenvalue weighted by Crippen LogP contribution is 2.31. The molecule has 2 aromatic carbocycles. The number of benzene rings is 2. The summed E-state index contributed by atoms with van der Waals surface area (Å²) in [6.45, 7) is 5.89. The first-order chi connectivity index (χ1) is 20.3. The van der Waals surface area contributed by atoms with E-state index in [1.165, 1.54) is 31.2 Å². The van der Waals surface area contributed by atoms with Crippen LogP contribution < -0.4 is 9.47 Å². The van der Waals surface area contributed by atoms with E-state index in [0.717, 1.165) is 31.8 Å². The molecule has 0 spiro atoms. The first kappa shape index (κ1) is 30.7. The van der Waals surface area contributed by atoms with Gasteiger partial charge in [-0.25, -0.2) is 14.4 Å². The maximum atomic E-state index is 12.7. The molecule has 0 aliphatic carbocycles. The number of carbonyl (C=O) groups excluding carboxylic acids is 4. The number of fused-ring (bicyclic) bond motifs is 1. The Morgan fingerprint density at radius 2 is 1.31 bits per heavy atom. The Morgan fingerprint density at radius 3 is 1.90 bits per heavy atom. The zero-order valence-electron chi connectivity index (χ0n) is 23.4. The van der Waals surface area contributed by atoms with Gasteiger partial charge in [0.05, 0.1) is 37.6 Å². The molecule has 0 N–H and O–H groups in total. The van der Waals surface area contributed by atoms with E-state index in [2.05, 4.69) is 6.58 Å². The smallest absolute Gasteiger partial charge is 0.343 e. The van der Waals surface area contributed by atoms with Gasteiger partial charge in [-0.1, -0.05) is 6.58 Å². The van der Waals surface area contributed by atoms with E-state index in [1.807, 2.05) is 0 Å². The monoisotopic (exact) mass is 582 g/mol. The van der Waals surface area contributed by atoms with E-state index in [4.69, 9.17) is 33.2 Å². The van der Waals surface area contributed by atoms with Crippen molar-refractivity contribution in [3.63, 3.8) is 0 Å². The summed E-state index contributed by atoms with van der Waals surface area (Å²) in [5.41, 5.74) is 0.615. The maximum absolute atomic E-state index is 12.7. The second-order valence-corrected chi connectivity index (χ2v) is 9.76. The second kappa shape index (κ2) is 15.1. The normalized spacial score (nSPS) is 20.7. The average Bonchev–Trinajstić information content (AvgIpc) is 3.57. The lowest BCUT2D eigenvalue weighted by atomic mass is 10.1. The van der Waals surface area contributed by atoms with Crippen molar-refractivity contribution in [3.05, 3.63) is 72.3 Å². The number of hydrogen-bond acceptors (Lipinski definition) is 11. The van der Waals surface area contributed by atoms with E-state index in [0.29, 0.717) is 24.5 Å². The van der Waals surface area contributed by atoms with Gasteiger partial charge in [-0.3, -0.25) is 4.79 Å². The number of unbranched alkanes of at least 4 members (excludes halogenated alkanes) is 3. The summed E-state index contributed by atoms with van der Waals surface area (Å²) in [6.07, 6.45) is 2.50. The summed E-state index contributed by atoms with van der Waals surface area (Å²) in [5.74, 6) is -1.06. The molecular formula is C31H34O11. The van der Waals surface area contributed by atoms with E-state index >= 15 is 0 Å². The van der Waals surface area contributed by atoms with Crippen LogP contribution in [0.15, 0.2) is 61.2 Å². The number of esters is 4.